The molecule has 2 aliphatic rings. The number of para-hydroxylation sites is 2. The Morgan fingerprint density at radius 1 is 1.04 bits per heavy atom. The summed E-state index contributed by atoms with van der Waals surface area (Å²) in [5, 5.41) is 11.4. The molecule has 0 radical (unpaired) electrons. The third-order valence-corrected chi connectivity index (χ3v) is 5.07. The number of nitrogens with zero attached hydrogens (tertiary/aromatic N) is 5. The molecule has 132 valence electrons. The Labute approximate surface area is 147 Å². The van der Waals surface area contributed by atoms with E-state index in [1.165, 1.54) is 19.3 Å². The largest absolute Gasteiger partial charge is 0.370 e. The first-order chi connectivity index (χ1) is 12.2. The van der Waals surface area contributed by atoms with Crippen molar-refractivity contribution >= 4 is 17.4 Å². The molecule has 1 aromatic carbocycles. The number of benzene rings is 1. The first kappa shape index (κ1) is 15.9. The number of anilines is 2. The zero-order valence-electron chi connectivity index (χ0n) is 14.6. The van der Waals surface area contributed by atoms with E-state index in [9.17, 15) is 4.79 Å². The van der Waals surface area contributed by atoms with E-state index in [1.807, 2.05) is 25.1 Å². The highest BCUT2D eigenvalue weighted by Gasteiger charge is 2.24. The van der Waals surface area contributed by atoms with E-state index in [2.05, 4.69) is 31.0 Å². The fourth-order valence-corrected chi connectivity index (χ4v) is 3.66. The average molecular weight is 340 g/mol. The van der Waals surface area contributed by atoms with Gasteiger partial charge in [-0.3, -0.25) is 0 Å². The number of hydrogen-bond acceptors (Lipinski definition) is 4. The maximum Gasteiger partial charge on any atom is 0.322 e. The van der Waals surface area contributed by atoms with Gasteiger partial charge >= 0.3 is 6.03 Å². The zero-order chi connectivity index (χ0) is 17.2. The highest BCUT2D eigenvalue weighted by molar-refractivity contribution is 5.93. The Morgan fingerprint density at radius 2 is 1.84 bits per heavy atom. The molecule has 0 bridgehead atoms. The van der Waals surface area contributed by atoms with Gasteiger partial charge in [0.2, 0.25) is 0 Å². The molecule has 0 spiro atoms. The number of carbonyl (C=O) groups is 1. The standard InChI is InChI=1S/C18H24N6O/c1-14-20-21-17-13-23(11-12-24(14)17)18(25)19-15-7-3-4-8-16(15)22-9-5-2-6-10-22/h3-4,7-8H,2,5-6,9-13H2,1H3,(H,19,25). The maximum atomic E-state index is 12.8. The van der Waals surface area contributed by atoms with Crippen molar-refractivity contribution in [2.45, 2.75) is 39.3 Å². The highest BCUT2D eigenvalue weighted by Crippen LogP contribution is 2.28. The summed E-state index contributed by atoms with van der Waals surface area (Å²) in [7, 11) is 0. The third-order valence-electron chi connectivity index (χ3n) is 5.07. The topological polar surface area (TPSA) is 66.3 Å². The van der Waals surface area contributed by atoms with Crippen LogP contribution in [0.1, 0.15) is 30.9 Å². The summed E-state index contributed by atoms with van der Waals surface area (Å²) in [6.45, 7) is 5.97. The van der Waals surface area contributed by atoms with Crippen LogP contribution in [0.2, 0.25) is 0 Å². The van der Waals surface area contributed by atoms with Crippen LogP contribution in [0.4, 0.5) is 16.2 Å². The quantitative estimate of drug-likeness (QED) is 0.913. The van der Waals surface area contributed by atoms with Crippen LogP contribution in [-0.2, 0) is 13.1 Å². The third kappa shape index (κ3) is 3.18. The fourth-order valence-electron chi connectivity index (χ4n) is 3.66. The summed E-state index contributed by atoms with van der Waals surface area (Å²) < 4.78 is 2.07. The van der Waals surface area contributed by atoms with Crippen molar-refractivity contribution in [3.8, 4) is 0 Å². The van der Waals surface area contributed by atoms with E-state index >= 15 is 0 Å². The molecule has 0 saturated carbocycles. The van der Waals surface area contributed by atoms with Gasteiger partial charge in [0.1, 0.15) is 5.82 Å². The number of urea groups is 1. The lowest BCUT2D eigenvalue weighted by Crippen LogP contribution is -2.41. The molecular formula is C18H24N6O. The molecule has 2 aliphatic heterocycles. The second-order valence-electron chi connectivity index (χ2n) is 6.73. The predicted molar refractivity (Wildman–Crippen MR) is 96.7 cm³/mol. The van der Waals surface area contributed by atoms with E-state index in [0.717, 1.165) is 42.7 Å². The summed E-state index contributed by atoms with van der Waals surface area (Å²) in [4.78, 5) is 16.9. The Kier molecular flexibility index (Phi) is 4.29. The molecule has 25 heavy (non-hydrogen) atoms. The number of carbonyl (C=O) groups excluding carboxylic acids is 1. The number of aromatic nitrogens is 3. The molecule has 2 amide bonds. The maximum absolute atomic E-state index is 12.8. The van der Waals surface area contributed by atoms with E-state index in [0.29, 0.717) is 13.1 Å². The van der Waals surface area contributed by atoms with Gasteiger partial charge in [-0.15, -0.1) is 10.2 Å². The van der Waals surface area contributed by atoms with Crippen LogP contribution in [0.5, 0.6) is 0 Å². The number of aryl methyl sites for hydroxylation is 1. The van der Waals surface area contributed by atoms with E-state index < -0.39 is 0 Å². The van der Waals surface area contributed by atoms with Crippen molar-refractivity contribution in [1.29, 1.82) is 0 Å². The van der Waals surface area contributed by atoms with Crippen molar-refractivity contribution in [3.05, 3.63) is 35.9 Å². The van der Waals surface area contributed by atoms with E-state index in [4.69, 9.17) is 0 Å². The van der Waals surface area contributed by atoms with Gasteiger partial charge in [0.25, 0.3) is 0 Å². The molecule has 7 nitrogen and oxygen atoms in total. The number of amides is 2. The van der Waals surface area contributed by atoms with Crippen LogP contribution in [-0.4, -0.2) is 45.3 Å². The zero-order valence-corrected chi connectivity index (χ0v) is 14.6. The Balaban J connectivity index is 1.48. The van der Waals surface area contributed by atoms with Gasteiger partial charge in [-0.2, -0.15) is 0 Å². The number of nitrogens with one attached hydrogen (secondary N) is 1. The van der Waals surface area contributed by atoms with Crippen molar-refractivity contribution < 1.29 is 4.79 Å². The Morgan fingerprint density at radius 3 is 2.68 bits per heavy atom. The van der Waals surface area contributed by atoms with Crippen LogP contribution in [0.15, 0.2) is 24.3 Å². The molecule has 2 aromatic rings. The fraction of sp³-hybridized carbons (Fsp3) is 0.500. The van der Waals surface area contributed by atoms with Gasteiger partial charge in [-0.05, 0) is 38.3 Å². The van der Waals surface area contributed by atoms with Crippen molar-refractivity contribution in [2.75, 3.05) is 29.9 Å². The predicted octanol–water partition coefficient (Wildman–Crippen LogP) is 2.62. The minimum absolute atomic E-state index is 0.0728. The van der Waals surface area contributed by atoms with Gasteiger partial charge in [0.15, 0.2) is 5.82 Å². The van der Waals surface area contributed by atoms with Gasteiger partial charge in [-0.1, -0.05) is 12.1 Å². The molecule has 1 aromatic heterocycles. The monoisotopic (exact) mass is 340 g/mol. The normalized spacial score (nSPS) is 17.3. The molecular weight excluding hydrogens is 316 g/mol. The molecule has 1 N–H and O–H groups in total. The lowest BCUT2D eigenvalue weighted by atomic mass is 10.1. The Hall–Kier alpha value is -2.57. The molecule has 1 fully saturated rings. The minimum Gasteiger partial charge on any atom is -0.370 e. The summed E-state index contributed by atoms with van der Waals surface area (Å²) in [6.07, 6.45) is 3.71. The number of piperidine rings is 1. The Bertz CT molecular complexity index is 765. The molecule has 0 unspecified atom stereocenters. The summed E-state index contributed by atoms with van der Waals surface area (Å²) in [6, 6.07) is 8.01. The summed E-state index contributed by atoms with van der Waals surface area (Å²) in [5.41, 5.74) is 2.00. The van der Waals surface area contributed by atoms with Gasteiger partial charge in [0.05, 0.1) is 17.9 Å². The molecule has 4 rings (SSSR count). The van der Waals surface area contributed by atoms with Crippen molar-refractivity contribution in [1.82, 2.24) is 19.7 Å². The molecule has 0 aliphatic carbocycles. The van der Waals surface area contributed by atoms with Gasteiger partial charge < -0.3 is 19.7 Å². The smallest absolute Gasteiger partial charge is 0.322 e. The van der Waals surface area contributed by atoms with Gasteiger partial charge in [-0.25, -0.2) is 4.79 Å². The SMILES string of the molecule is Cc1nnc2n1CCN(C(=O)Nc1ccccc1N1CCCCC1)C2. The van der Waals surface area contributed by atoms with Crippen LogP contribution >= 0.6 is 0 Å². The van der Waals surface area contributed by atoms with Crippen molar-refractivity contribution in [2.24, 2.45) is 0 Å². The van der Waals surface area contributed by atoms with Crippen LogP contribution in [0, 0.1) is 6.92 Å². The molecule has 1 saturated heterocycles. The number of rotatable bonds is 2. The van der Waals surface area contributed by atoms with Crippen LogP contribution in [0.25, 0.3) is 0 Å². The highest BCUT2D eigenvalue weighted by atomic mass is 16.2. The second-order valence-corrected chi connectivity index (χ2v) is 6.73. The van der Waals surface area contributed by atoms with E-state index in [1.54, 1.807) is 4.90 Å². The van der Waals surface area contributed by atoms with Gasteiger partial charge in [0, 0.05) is 26.2 Å². The van der Waals surface area contributed by atoms with Crippen LogP contribution < -0.4 is 10.2 Å². The summed E-state index contributed by atoms with van der Waals surface area (Å²) in [5.74, 6) is 1.76. The minimum atomic E-state index is -0.0728. The first-order valence-corrected chi connectivity index (χ1v) is 9.01. The van der Waals surface area contributed by atoms with E-state index in [-0.39, 0.29) is 6.03 Å². The average Bonchev–Trinajstić information content (AvgIpc) is 3.03. The molecule has 0 atom stereocenters. The lowest BCUT2D eigenvalue weighted by molar-refractivity contribution is 0.195. The molecule has 7 heteroatoms. The number of fused-ring (bicyclic) bond motifs is 1. The number of hydrogen-bond donors (Lipinski definition) is 1. The first-order valence-electron chi connectivity index (χ1n) is 9.01. The van der Waals surface area contributed by atoms with Crippen LogP contribution in [0.3, 0.4) is 0 Å². The summed E-state index contributed by atoms with van der Waals surface area (Å²) >= 11 is 0. The molecule has 3 heterocycles. The lowest BCUT2D eigenvalue weighted by Gasteiger charge is -2.32. The second kappa shape index (κ2) is 6.74. The van der Waals surface area contributed by atoms with Crippen molar-refractivity contribution in [3.63, 3.8) is 0 Å².